The minimum Gasteiger partial charge on any atom is -0.494 e. The van der Waals surface area contributed by atoms with E-state index in [0.717, 1.165) is 28.3 Å². The molecule has 0 aliphatic heterocycles. The van der Waals surface area contributed by atoms with Crippen molar-refractivity contribution in [1.82, 2.24) is 25.2 Å². The number of hydrogen-bond acceptors (Lipinski definition) is 8. The van der Waals surface area contributed by atoms with Crippen LogP contribution in [0.1, 0.15) is 12.5 Å². The van der Waals surface area contributed by atoms with Gasteiger partial charge in [-0.25, -0.2) is 5.43 Å². The van der Waals surface area contributed by atoms with Gasteiger partial charge < -0.3 is 9.64 Å². The number of pyridine rings is 1. The zero-order valence-electron chi connectivity index (χ0n) is 20.3. The SMILES string of the molecule is CCOc1ccc(-n2c(SCC(=O)NN=Cc3ccc(N(C)C)cc3)nnc2-c2cccnc2)cc1. The Morgan fingerprint density at radius 2 is 1.89 bits per heavy atom. The zero-order chi connectivity index (χ0) is 25.3. The molecule has 10 heteroatoms. The monoisotopic (exact) mass is 501 g/mol. The van der Waals surface area contributed by atoms with Gasteiger partial charge in [-0.3, -0.25) is 14.3 Å². The van der Waals surface area contributed by atoms with Crippen LogP contribution < -0.4 is 15.1 Å². The standard InChI is InChI=1S/C26H27N7O2S/c1-4-35-23-13-11-22(12-14-23)33-25(20-6-5-15-27-17-20)30-31-26(33)36-18-24(34)29-28-16-19-7-9-21(10-8-19)32(2)3/h5-17H,4,18H2,1-3H3,(H,29,34). The minimum absolute atomic E-state index is 0.124. The number of anilines is 1. The second-order valence-electron chi connectivity index (χ2n) is 7.88. The molecule has 1 amide bonds. The number of ether oxygens (including phenoxy) is 1. The third kappa shape index (κ3) is 6.28. The van der Waals surface area contributed by atoms with E-state index in [0.29, 0.717) is 17.6 Å². The third-order valence-electron chi connectivity index (χ3n) is 5.10. The quantitative estimate of drug-likeness (QED) is 0.199. The van der Waals surface area contributed by atoms with Gasteiger partial charge in [-0.2, -0.15) is 5.10 Å². The minimum atomic E-state index is -0.245. The molecule has 0 radical (unpaired) electrons. The number of hydrazone groups is 1. The molecule has 0 saturated carbocycles. The molecule has 0 bridgehead atoms. The molecule has 0 fully saturated rings. The van der Waals surface area contributed by atoms with E-state index in [1.807, 2.05) is 91.1 Å². The number of thioether (sulfide) groups is 1. The summed E-state index contributed by atoms with van der Waals surface area (Å²) in [6.07, 6.45) is 5.05. The van der Waals surface area contributed by atoms with Gasteiger partial charge in [0, 0.05) is 43.4 Å². The van der Waals surface area contributed by atoms with Gasteiger partial charge in [-0.1, -0.05) is 23.9 Å². The van der Waals surface area contributed by atoms with Crippen molar-refractivity contribution < 1.29 is 9.53 Å². The molecule has 0 saturated heterocycles. The lowest BCUT2D eigenvalue weighted by molar-refractivity contribution is -0.118. The Morgan fingerprint density at radius 1 is 1.11 bits per heavy atom. The second-order valence-corrected chi connectivity index (χ2v) is 8.82. The van der Waals surface area contributed by atoms with Gasteiger partial charge in [0.05, 0.1) is 18.6 Å². The fourth-order valence-corrected chi connectivity index (χ4v) is 4.08. The first-order valence-electron chi connectivity index (χ1n) is 11.4. The summed E-state index contributed by atoms with van der Waals surface area (Å²) in [5, 5.41) is 13.4. The summed E-state index contributed by atoms with van der Waals surface area (Å²) >= 11 is 1.28. The van der Waals surface area contributed by atoms with E-state index in [2.05, 4.69) is 25.7 Å². The summed E-state index contributed by atoms with van der Waals surface area (Å²) in [5.41, 5.74) is 6.23. The van der Waals surface area contributed by atoms with Crippen molar-refractivity contribution in [2.24, 2.45) is 5.10 Å². The van der Waals surface area contributed by atoms with E-state index in [9.17, 15) is 4.79 Å². The Hall–Kier alpha value is -4.18. The first-order chi connectivity index (χ1) is 17.5. The average molecular weight is 502 g/mol. The number of benzene rings is 2. The molecule has 184 valence electrons. The van der Waals surface area contributed by atoms with Gasteiger partial charge in [0.1, 0.15) is 5.75 Å². The van der Waals surface area contributed by atoms with Crippen LogP contribution in [0, 0.1) is 0 Å². The van der Waals surface area contributed by atoms with Crippen LogP contribution in [0.15, 0.2) is 83.3 Å². The summed E-state index contributed by atoms with van der Waals surface area (Å²) in [6.45, 7) is 2.53. The molecule has 0 spiro atoms. The molecular formula is C26H27N7O2S. The predicted octanol–water partition coefficient (Wildman–Crippen LogP) is 4.04. The van der Waals surface area contributed by atoms with Gasteiger partial charge in [-0.05, 0) is 61.0 Å². The van der Waals surface area contributed by atoms with Crippen LogP contribution in [-0.4, -0.2) is 58.3 Å². The lowest BCUT2D eigenvalue weighted by atomic mass is 10.2. The molecule has 2 heterocycles. The molecule has 2 aromatic heterocycles. The molecule has 9 nitrogen and oxygen atoms in total. The maximum absolute atomic E-state index is 12.5. The van der Waals surface area contributed by atoms with Crippen molar-refractivity contribution >= 4 is 29.6 Å². The normalized spacial score (nSPS) is 11.0. The molecule has 0 aliphatic carbocycles. The first kappa shape index (κ1) is 24.9. The number of carbonyl (C=O) groups excluding carboxylic acids is 1. The number of amides is 1. The van der Waals surface area contributed by atoms with Crippen LogP contribution in [0.3, 0.4) is 0 Å². The van der Waals surface area contributed by atoms with Crippen LogP contribution in [0.25, 0.3) is 17.1 Å². The molecular weight excluding hydrogens is 474 g/mol. The summed E-state index contributed by atoms with van der Waals surface area (Å²) < 4.78 is 7.47. The molecule has 4 rings (SSSR count). The second kappa shape index (κ2) is 12.0. The Bertz CT molecular complexity index is 1300. The number of nitrogens with one attached hydrogen (secondary N) is 1. The van der Waals surface area contributed by atoms with Crippen molar-refractivity contribution in [3.05, 3.63) is 78.6 Å². The summed E-state index contributed by atoms with van der Waals surface area (Å²) in [5.74, 6) is 1.29. The number of rotatable bonds is 10. The Morgan fingerprint density at radius 3 is 2.56 bits per heavy atom. The van der Waals surface area contributed by atoms with Crippen molar-refractivity contribution in [3.63, 3.8) is 0 Å². The predicted molar refractivity (Wildman–Crippen MR) is 143 cm³/mol. The first-order valence-corrected chi connectivity index (χ1v) is 12.3. The molecule has 2 aromatic carbocycles. The average Bonchev–Trinajstić information content (AvgIpc) is 3.33. The fourth-order valence-electron chi connectivity index (χ4n) is 3.34. The van der Waals surface area contributed by atoms with Crippen LogP contribution in [0.4, 0.5) is 5.69 Å². The number of nitrogens with zero attached hydrogens (tertiary/aromatic N) is 6. The summed E-state index contributed by atoms with van der Waals surface area (Å²) in [7, 11) is 3.97. The van der Waals surface area contributed by atoms with Crippen molar-refractivity contribution in [2.75, 3.05) is 31.4 Å². The molecule has 0 unspecified atom stereocenters. The van der Waals surface area contributed by atoms with Gasteiger partial charge in [-0.15, -0.1) is 10.2 Å². The lowest BCUT2D eigenvalue weighted by Gasteiger charge is -2.11. The fraction of sp³-hybridized carbons (Fsp3) is 0.192. The van der Waals surface area contributed by atoms with Crippen LogP contribution >= 0.6 is 11.8 Å². The highest BCUT2D eigenvalue weighted by atomic mass is 32.2. The Kier molecular flexibility index (Phi) is 8.30. The highest BCUT2D eigenvalue weighted by Gasteiger charge is 2.17. The van der Waals surface area contributed by atoms with E-state index >= 15 is 0 Å². The van der Waals surface area contributed by atoms with Crippen molar-refractivity contribution in [2.45, 2.75) is 12.1 Å². The summed E-state index contributed by atoms with van der Waals surface area (Å²) in [6, 6.07) is 19.3. The lowest BCUT2D eigenvalue weighted by Crippen LogP contribution is -2.20. The van der Waals surface area contributed by atoms with E-state index < -0.39 is 0 Å². The molecule has 4 aromatic rings. The van der Waals surface area contributed by atoms with Crippen LogP contribution in [0.2, 0.25) is 0 Å². The molecule has 1 N–H and O–H groups in total. The van der Waals surface area contributed by atoms with Crippen LogP contribution in [0.5, 0.6) is 5.75 Å². The zero-order valence-corrected chi connectivity index (χ0v) is 21.1. The number of hydrogen-bond donors (Lipinski definition) is 1. The van der Waals surface area contributed by atoms with Gasteiger partial charge in [0.25, 0.3) is 5.91 Å². The maximum atomic E-state index is 12.5. The molecule has 0 aliphatic rings. The smallest absolute Gasteiger partial charge is 0.250 e. The maximum Gasteiger partial charge on any atom is 0.250 e. The van der Waals surface area contributed by atoms with Crippen molar-refractivity contribution in [3.8, 4) is 22.8 Å². The van der Waals surface area contributed by atoms with Crippen LogP contribution in [-0.2, 0) is 4.79 Å². The van der Waals surface area contributed by atoms with Gasteiger partial charge in [0.15, 0.2) is 11.0 Å². The molecule has 0 atom stereocenters. The van der Waals surface area contributed by atoms with Gasteiger partial charge in [0.2, 0.25) is 0 Å². The topological polar surface area (TPSA) is 97.5 Å². The Balaban J connectivity index is 1.46. The Labute approximate surface area is 214 Å². The summed E-state index contributed by atoms with van der Waals surface area (Å²) in [4.78, 5) is 18.7. The largest absolute Gasteiger partial charge is 0.494 e. The number of carbonyl (C=O) groups is 1. The molecule has 36 heavy (non-hydrogen) atoms. The van der Waals surface area contributed by atoms with E-state index in [1.54, 1.807) is 18.6 Å². The van der Waals surface area contributed by atoms with E-state index in [4.69, 9.17) is 4.74 Å². The van der Waals surface area contributed by atoms with E-state index in [1.165, 1.54) is 11.8 Å². The van der Waals surface area contributed by atoms with Crippen molar-refractivity contribution in [1.29, 1.82) is 0 Å². The highest BCUT2D eigenvalue weighted by molar-refractivity contribution is 7.99. The third-order valence-corrected chi connectivity index (χ3v) is 6.03. The van der Waals surface area contributed by atoms with Gasteiger partial charge >= 0.3 is 0 Å². The number of aromatic nitrogens is 4. The van der Waals surface area contributed by atoms with E-state index in [-0.39, 0.29) is 11.7 Å². The highest BCUT2D eigenvalue weighted by Crippen LogP contribution is 2.28.